The summed E-state index contributed by atoms with van der Waals surface area (Å²) in [7, 11) is -1.66. The molecule has 0 amide bonds. The Labute approximate surface area is 182 Å². The summed E-state index contributed by atoms with van der Waals surface area (Å²) < 4.78 is 27.5. The molecule has 0 aromatic heterocycles. The molecule has 0 N–H and O–H groups in total. The summed E-state index contributed by atoms with van der Waals surface area (Å²) >= 11 is 0. The summed E-state index contributed by atoms with van der Waals surface area (Å²) in [6, 6.07) is 12.0. The van der Waals surface area contributed by atoms with Crippen molar-refractivity contribution in [1.82, 2.24) is 0 Å². The minimum absolute atomic E-state index is 0. The van der Waals surface area contributed by atoms with Gasteiger partial charge in [-0.1, -0.05) is 81.9 Å². The second-order valence-electron chi connectivity index (χ2n) is 6.81. The minimum atomic E-state index is -1.65. The summed E-state index contributed by atoms with van der Waals surface area (Å²) in [5.41, 5.74) is 0. The number of hydrogen-bond acceptors (Lipinski definition) is 2. The standard InChI is InChI=1S/C11H21O2Si2.C6H6.3CO.Cr/c1-13-9-11(15(5,6)7)10(8-12)14(2,3)4;1-2-4-6-5-3-1;3*1-2;/h1-7H3;1-6H;;;;/q-1;;;;;. The van der Waals surface area contributed by atoms with E-state index in [0.29, 0.717) is 0 Å². The summed E-state index contributed by atoms with van der Waals surface area (Å²) in [6.45, 7) is 26.5. The second-order valence-corrected chi connectivity index (χ2v) is 16.8. The van der Waals surface area contributed by atoms with E-state index in [0.717, 1.165) is 10.4 Å². The Balaban J connectivity index is -0.000000112. The van der Waals surface area contributed by atoms with Gasteiger partial charge in [0.2, 0.25) is 0 Å². The zero-order valence-electron chi connectivity index (χ0n) is 17.4. The molecule has 0 aliphatic heterocycles. The Morgan fingerprint density at radius 3 is 1.21 bits per heavy atom. The SMILES string of the molecule is CO[C-]=C(C(=C=O)[Si](C)(C)C)[Si](C)(C)C.[C-]#[O+].[C-]#[O+].[C-]#[O+].[Cr].c1ccccc1. The Bertz CT molecular complexity index is 577. The molecule has 0 radical (unpaired) electrons. The van der Waals surface area contributed by atoms with E-state index in [2.05, 4.69) is 71.4 Å². The van der Waals surface area contributed by atoms with Crippen molar-refractivity contribution in [2.45, 2.75) is 39.3 Å². The van der Waals surface area contributed by atoms with Crippen molar-refractivity contribution in [1.29, 1.82) is 0 Å². The minimum Gasteiger partial charge on any atom is -0.0623 e. The molecule has 0 saturated heterocycles. The van der Waals surface area contributed by atoms with Crippen LogP contribution in [0, 0.1) is 26.2 Å². The van der Waals surface area contributed by atoms with Gasteiger partial charge in [-0.2, -0.15) is 5.20 Å². The molecular weight excluding hydrogens is 428 g/mol. The Kier molecular flexibility index (Phi) is 31.1. The van der Waals surface area contributed by atoms with Gasteiger partial charge in [0.25, 0.3) is 0 Å². The van der Waals surface area contributed by atoms with Gasteiger partial charge in [-0.25, -0.2) is 0 Å². The first-order chi connectivity index (χ1) is 12.6. The zero-order valence-corrected chi connectivity index (χ0v) is 20.7. The van der Waals surface area contributed by atoms with Crippen LogP contribution in [0.1, 0.15) is 0 Å². The number of allylic oxidation sites excluding steroid dienone is 2. The molecule has 28 heavy (non-hydrogen) atoms. The largest absolute Gasteiger partial charge is 0.0623 e. The third kappa shape index (κ3) is 20.7. The smallest absolute Gasteiger partial charge is 0 e. The van der Waals surface area contributed by atoms with Gasteiger partial charge in [-0.05, 0) is 0 Å². The molecule has 0 heterocycles. The van der Waals surface area contributed by atoms with Crippen LogP contribution in [0.5, 0.6) is 0 Å². The van der Waals surface area contributed by atoms with Crippen molar-refractivity contribution in [3.05, 3.63) is 73.0 Å². The molecule has 5 nitrogen and oxygen atoms in total. The van der Waals surface area contributed by atoms with Crippen LogP contribution < -0.4 is 0 Å². The van der Waals surface area contributed by atoms with Crippen LogP contribution in [-0.2, 0) is 40.8 Å². The number of hydrogen-bond donors (Lipinski definition) is 0. The van der Waals surface area contributed by atoms with E-state index in [9.17, 15) is 4.79 Å². The molecule has 0 spiro atoms. The third-order valence-corrected chi connectivity index (χ3v) is 6.68. The second kappa shape index (κ2) is 23.4. The Morgan fingerprint density at radius 1 is 0.786 bits per heavy atom. The molecule has 8 heteroatoms. The van der Waals surface area contributed by atoms with Crippen molar-refractivity contribution < 1.29 is 40.8 Å². The van der Waals surface area contributed by atoms with Crippen LogP contribution >= 0.6 is 0 Å². The summed E-state index contributed by atoms with van der Waals surface area (Å²) in [6.07, 6.45) is 2.89. The van der Waals surface area contributed by atoms with Crippen LogP contribution in [0.2, 0.25) is 39.3 Å². The fourth-order valence-electron chi connectivity index (χ4n) is 1.65. The van der Waals surface area contributed by atoms with Crippen molar-refractivity contribution in [3.63, 3.8) is 0 Å². The number of carbonyl (C=O) groups excluding carboxylic acids is 1. The number of methoxy groups -OCH3 is 1. The maximum absolute atomic E-state index is 11.1. The summed E-state index contributed by atoms with van der Waals surface area (Å²) in [5, 5.41) is 1.81. The molecule has 0 aliphatic rings. The number of benzene rings is 1. The first kappa shape index (κ1) is 37.2. The molecule has 1 aromatic rings. The monoisotopic (exact) mass is 455 g/mol. The van der Waals surface area contributed by atoms with E-state index in [1.165, 1.54) is 0 Å². The molecule has 0 bridgehead atoms. The molecule has 0 aliphatic carbocycles. The van der Waals surface area contributed by atoms with Crippen molar-refractivity contribution in [3.8, 4) is 0 Å². The number of rotatable bonds is 4. The van der Waals surface area contributed by atoms with Crippen LogP contribution in [0.25, 0.3) is 0 Å². The molecule has 0 atom stereocenters. The van der Waals surface area contributed by atoms with Gasteiger partial charge in [-0.15, -0.1) is 5.20 Å². The normalized spacial score (nSPS) is 9.11. The third-order valence-electron chi connectivity index (χ3n) is 2.72. The van der Waals surface area contributed by atoms with Crippen molar-refractivity contribution >= 4 is 22.1 Å². The summed E-state index contributed by atoms with van der Waals surface area (Å²) in [5.74, 6) is 2.12. The average Bonchev–Trinajstić information content (AvgIpc) is 2.67. The first-order valence-electron chi connectivity index (χ1n) is 7.68. The number of ether oxygens (including phenoxy) is 1. The van der Waals surface area contributed by atoms with E-state index in [-0.39, 0.29) is 17.4 Å². The Hall–Kier alpha value is -1.60. The maximum Gasteiger partial charge on any atom is 0 e. The molecule has 0 unspecified atom stereocenters. The van der Waals surface area contributed by atoms with Gasteiger partial charge >= 0.3 is 33.9 Å². The van der Waals surface area contributed by atoms with Crippen LogP contribution in [-0.4, -0.2) is 29.2 Å². The van der Waals surface area contributed by atoms with Crippen molar-refractivity contribution in [2.24, 2.45) is 0 Å². The van der Waals surface area contributed by atoms with Gasteiger partial charge in [-0.3, -0.25) is 4.79 Å². The van der Waals surface area contributed by atoms with Gasteiger partial charge in [0.1, 0.15) is 0 Å². The predicted octanol–water partition coefficient (Wildman–Crippen LogP) is 4.40. The average molecular weight is 456 g/mol. The van der Waals surface area contributed by atoms with E-state index < -0.39 is 16.1 Å². The van der Waals surface area contributed by atoms with Crippen LogP contribution in [0.15, 0.2) is 46.8 Å². The van der Waals surface area contributed by atoms with E-state index in [4.69, 9.17) is 18.7 Å². The molecule has 0 fully saturated rings. The van der Waals surface area contributed by atoms with Gasteiger partial charge < -0.3 is 4.74 Å². The Morgan fingerprint density at radius 2 is 1.07 bits per heavy atom. The van der Waals surface area contributed by atoms with Crippen molar-refractivity contribution in [2.75, 3.05) is 7.11 Å². The molecule has 1 aromatic carbocycles. The van der Waals surface area contributed by atoms with Crippen LogP contribution in [0.4, 0.5) is 0 Å². The van der Waals surface area contributed by atoms with Gasteiger partial charge in [0.15, 0.2) is 0 Å². The predicted molar refractivity (Wildman–Crippen MR) is 108 cm³/mol. The fourth-order valence-corrected chi connectivity index (χ4v) is 6.21. The van der Waals surface area contributed by atoms with E-state index in [1.54, 1.807) is 7.11 Å². The molecule has 0 saturated carbocycles. The quantitative estimate of drug-likeness (QED) is 0.168. The van der Waals surface area contributed by atoms with Crippen LogP contribution in [0.3, 0.4) is 0 Å². The van der Waals surface area contributed by atoms with Gasteiger partial charge in [0, 0.05) is 39.5 Å². The molecular formula is C20H27CrO5Si2-. The summed E-state index contributed by atoms with van der Waals surface area (Å²) in [4.78, 5) is 11.1. The maximum atomic E-state index is 11.1. The van der Waals surface area contributed by atoms with E-state index >= 15 is 0 Å². The topological polar surface area (TPSA) is 86.0 Å². The van der Waals surface area contributed by atoms with E-state index in [1.807, 2.05) is 36.4 Å². The first-order valence-corrected chi connectivity index (χ1v) is 14.7. The fraction of sp³-hybridized carbons (Fsp3) is 0.350. The molecule has 152 valence electrons. The zero-order chi connectivity index (χ0) is 22.5. The van der Waals surface area contributed by atoms with Gasteiger partial charge in [0.05, 0.1) is 7.11 Å². The molecule has 1 rings (SSSR count).